The number of aryl methyl sites for hydroxylation is 1. The summed E-state index contributed by atoms with van der Waals surface area (Å²) in [6.07, 6.45) is 0. The van der Waals surface area contributed by atoms with Gasteiger partial charge < -0.3 is 5.43 Å². The molecule has 0 bridgehead atoms. The minimum absolute atomic E-state index is 0.611. The molecule has 4 nitrogen and oxygen atoms in total. The second-order valence-electron chi connectivity index (χ2n) is 2.93. The van der Waals surface area contributed by atoms with Crippen molar-refractivity contribution in [3.05, 3.63) is 28.4 Å². The van der Waals surface area contributed by atoms with Gasteiger partial charge in [-0.2, -0.15) is 0 Å². The SMILES string of the molecule is Cc1nc2cc(Br)ccc2nc1NN. The van der Waals surface area contributed by atoms with Crippen molar-refractivity contribution in [3.63, 3.8) is 0 Å². The Morgan fingerprint density at radius 2 is 2.07 bits per heavy atom. The van der Waals surface area contributed by atoms with Gasteiger partial charge in [0.1, 0.15) is 0 Å². The molecule has 1 heterocycles. The first-order valence-corrected chi connectivity index (χ1v) is 4.90. The van der Waals surface area contributed by atoms with Gasteiger partial charge in [0, 0.05) is 4.47 Å². The first kappa shape index (κ1) is 9.36. The predicted octanol–water partition coefficient (Wildman–Crippen LogP) is 1.99. The smallest absolute Gasteiger partial charge is 0.162 e. The Balaban J connectivity index is 2.73. The van der Waals surface area contributed by atoms with Gasteiger partial charge in [0.2, 0.25) is 0 Å². The highest BCUT2D eigenvalue weighted by Crippen LogP contribution is 2.19. The molecule has 0 atom stereocenters. The molecule has 0 spiro atoms. The topological polar surface area (TPSA) is 63.8 Å². The van der Waals surface area contributed by atoms with Gasteiger partial charge in [0.25, 0.3) is 0 Å². The lowest BCUT2D eigenvalue weighted by atomic mass is 10.3. The third kappa shape index (κ3) is 1.56. The Labute approximate surface area is 89.6 Å². The summed E-state index contributed by atoms with van der Waals surface area (Å²) >= 11 is 3.38. The molecule has 14 heavy (non-hydrogen) atoms. The van der Waals surface area contributed by atoms with Crippen LogP contribution in [-0.4, -0.2) is 9.97 Å². The van der Waals surface area contributed by atoms with Crippen LogP contribution in [0.1, 0.15) is 5.69 Å². The van der Waals surface area contributed by atoms with Crippen LogP contribution in [-0.2, 0) is 0 Å². The van der Waals surface area contributed by atoms with Gasteiger partial charge in [0.15, 0.2) is 5.82 Å². The van der Waals surface area contributed by atoms with Crippen molar-refractivity contribution < 1.29 is 0 Å². The van der Waals surface area contributed by atoms with Crippen molar-refractivity contribution in [2.75, 3.05) is 5.43 Å². The summed E-state index contributed by atoms with van der Waals surface area (Å²) in [4.78, 5) is 8.69. The standard InChI is InChI=1S/C9H9BrN4/c1-5-9(14-11)13-7-3-2-6(10)4-8(7)12-5/h2-4H,11H2,1H3,(H,13,14). The Hall–Kier alpha value is -1.20. The molecule has 0 saturated carbocycles. The number of nitrogens with one attached hydrogen (secondary N) is 1. The summed E-state index contributed by atoms with van der Waals surface area (Å²) in [5.74, 6) is 5.92. The van der Waals surface area contributed by atoms with E-state index in [4.69, 9.17) is 5.84 Å². The summed E-state index contributed by atoms with van der Waals surface area (Å²) < 4.78 is 0.993. The lowest BCUT2D eigenvalue weighted by Crippen LogP contribution is -2.11. The van der Waals surface area contributed by atoms with Crippen LogP contribution in [0.15, 0.2) is 22.7 Å². The van der Waals surface area contributed by atoms with Crippen molar-refractivity contribution >= 4 is 32.8 Å². The number of hydrazine groups is 1. The van der Waals surface area contributed by atoms with Crippen molar-refractivity contribution in [2.24, 2.45) is 5.84 Å². The van der Waals surface area contributed by atoms with E-state index < -0.39 is 0 Å². The zero-order valence-electron chi connectivity index (χ0n) is 7.58. The van der Waals surface area contributed by atoms with E-state index in [-0.39, 0.29) is 0 Å². The van der Waals surface area contributed by atoms with Crippen molar-refractivity contribution in [2.45, 2.75) is 6.92 Å². The van der Waals surface area contributed by atoms with Gasteiger partial charge in [-0.05, 0) is 25.1 Å². The quantitative estimate of drug-likeness (QED) is 0.602. The van der Waals surface area contributed by atoms with Gasteiger partial charge in [-0.15, -0.1) is 0 Å². The van der Waals surface area contributed by atoms with Gasteiger partial charge in [-0.3, -0.25) is 0 Å². The van der Waals surface area contributed by atoms with Crippen LogP contribution < -0.4 is 11.3 Å². The van der Waals surface area contributed by atoms with E-state index in [1.54, 1.807) is 0 Å². The molecule has 0 radical (unpaired) electrons. The molecule has 0 saturated heterocycles. The number of rotatable bonds is 1. The second kappa shape index (κ2) is 3.51. The highest BCUT2D eigenvalue weighted by atomic mass is 79.9. The number of nitrogens with zero attached hydrogens (tertiary/aromatic N) is 2. The Bertz CT molecular complexity index is 483. The van der Waals surface area contributed by atoms with E-state index in [1.165, 1.54) is 0 Å². The molecule has 0 amide bonds. The number of hydrogen-bond donors (Lipinski definition) is 2. The molecule has 0 unspecified atom stereocenters. The van der Waals surface area contributed by atoms with Crippen molar-refractivity contribution in [3.8, 4) is 0 Å². The number of nitrogen functional groups attached to an aromatic ring is 1. The molecule has 0 aliphatic carbocycles. The average molecular weight is 253 g/mol. The van der Waals surface area contributed by atoms with Gasteiger partial charge in [-0.25, -0.2) is 15.8 Å². The van der Waals surface area contributed by atoms with E-state index in [2.05, 4.69) is 31.3 Å². The number of nitrogens with two attached hydrogens (primary N) is 1. The fourth-order valence-corrected chi connectivity index (χ4v) is 1.60. The second-order valence-corrected chi connectivity index (χ2v) is 3.85. The van der Waals surface area contributed by atoms with E-state index in [0.717, 1.165) is 21.2 Å². The molecule has 0 aliphatic rings. The fourth-order valence-electron chi connectivity index (χ4n) is 1.25. The monoisotopic (exact) mass is 252 g/mol. The Morgan fingerprint density at radius 1 is 1.29 bits per heavy atom. The minimum atomic E-state index is 0.611. The largest absolute Gasteiger partial charge is 0.307 e. The molecule has 1 aromatic heterocycles. The van der Waals surface area contributed by atoms with Crippen molar-refractivity contribution in [1.29, 1.82) is 0 Å². The average Bonchev–Trinajstić information content (AvgIpc) is 2.16. The molecule has 72 valence electrons. The van der Waals surface area contributed by atoms with Gasteiger partial charge >= 0.3 is 0 Å². The lowest BCUT2D eigenvalue weighted by molar-refractivity contribution is 1.14. The van der Waals surface area contributed by atoms with Crippen LogP contribution in [0.4, 0.5) is 5.82 Å². The maximum absolute atomic E-state index is 5.31. The number of anilines is 1. The summed E-state index contributed by atoms with van der Waals surface area (Å²) in [5.41, 5.74) is 4.99. The number of aromatic nitrogens is 2. The lowest BCUT2D eigenvalue weighted by Gasteiger charge is -2.04. The zero-order valence-corrected chi connectivity index (χ0v) is 9.17. The first-order chi connectivity index (χ1) is 6.70. The van der Waals surface area contributed by atoms with Crippen molar-refractivity contribution in [1.82, 2.24) is 9.97 Å². The van der Waals surface area contributed by atoms with Crippen LogP contribution >= 0.6 is 15.9 Å². The summed E-state index contributed by atoms with van der Waals surface area (Å²) in [5, 5.41) is 0. The van der Waals surface area contributed by atoms with E-state index in [1.807, 2.05) is 25.1 Å². The molecular formula is C9H9BrN4. The first-order valence-electron chi connectivity index (χ1n) is 4.11. The summed E-state index contributed by atoms with van der Waals surface area (Å²) in [6, 6.07) is 5.75. The Morgan fingerprint density at radius 3 is 2.79 bits per heavy atom. The van der Waals surface area contributed by atoms with Crippen LogP contribution in [0.25, 0.3) is 11.0 Å². The van der Waals surface area contributed by atoms with Gasteiger partial charge in [-0.1, -0.05) is 15.9 Å². The zero-order chi connectivity index (χ0) is 10.1. The molecule has 1 aromatic carbocycles. The number of benzene rings is 1. The van der Waals surface area contributed by atoms with E-state index in [9.17, 15) is 0 Å². The number of fused-ring (bicyclic) bond motifs is 1. The molecule has 5 heteroatoms. The molecule has 3 N–H and O–H groups in total. The van der Waals surface area contributed by atoms with Crippen LogP contribution in [0.5, 0.6) is 0 Å². The minimum Gasteiger partial charge on any atom is -0.307 e. The normalized spacial score (nSPS) is 10.5. The molecule has 0 fully saturated rings. The highest BCUT2D eigenvalue weighted by Gasteiger charge is 2.03. The van der Waals surface area contributed by atoms with E-state index in [0.29, 0.717) is 5.82 Å². The summed E-state index contributed by atoms with van der Waals surface area (Å²) in [7, 11) is 0. The van der Waals surface area contributed by atoms with Gasteiger partial charge in [0.05, 0.1) is 16.7 Å². The third-order valence-corrected chi connectivity index (χ3v) is 2.43. The van der Waals surface area contributed by atoms with Crippen LogP contribution in [0.3, 0.4) is 0 Å². The number of halogens is 1. The number of hydrogen-bond acceptors (Lipinski definition) is 4. The van der Waals surface area contributed by atoms with E-state index >= 15 is 0 Å². The maximum atomic E-state index is 5.31. The third-order valence-electron chi connectivity index (χ3n) is 1.94. The summed E-state index contributed by atoms with van der Waals surface area (Å²) in [6.45, 7) is 1.86. The fraction of sp³-hybridized carbons (Fsp3) is 0.111. The van der Waals surface area contributed by atoms with Crippen LogP contribution in [0.2, 0.25) is 0 Å². The Kier molecular flexibility index (Phi) is 2.35. The highest BCUT2D eigenvalue weighted by molar-refractivity contribution is 9.10. The van der Waals surface area contributed by atoms with Crippen LogP contribution in [0, 0.1) is 6.92 Å². The predicted molar refractivity (Wildman–Crippen MR) is 59.8 cm³/mol. The molecule has 2 rings (SSSR count). The molecular weight excluding hydrogens is 244 g/mol. The molecule has 0 aliphatic heterocycles. The molecule has 2 aromatic rings. The maximum Gasteiger partial charge on any atom is 0.162 e.